The smallest absolute Gasteiger partial charge is 0.262 e. The maximum atomic E-state index is 12.0. The average molecular weight is 484 g/mol. The fourth-order valence-corrected chi connectivity index (χ4v) is 2.89. The van der Waals surface area contributed by atoms with Crippen molar-refractivity contribution in [3.63, 3.8) is 0 Å². The average Bonchev–Trinajstić information content (AvgIpc) is 2.55. The third-order valence-electron chi connectivity index (χ3n) is 3.05. The molecule has 0 fully saturated rings. The van der Waals surface area contributed by atoms with E-state index in [1.807, 2.05) is 42.5 Å². The van der Waals surface area contributed by atoms with Crippen LogP contribution in [0.2, 0.25) is 0 Å². The summed E-state index contributed by atoms with van der Waals surface area (Å²) in [6.07, 6.45) is 1.42. The van der Waals surface area contributed by atoms with Crippen LogP contribution in [0.1, 0.15) is 0 Å². The van der Waals surface area contributed by atoms with E-state index in [0.717, 1.165) is 24.6 Å². The molecule has 23 heavy (non-hydrogen) atoms. The molecule has 0 atom stereocenters. The molecule has 0 saturated heterocycles. The first-order valence-electron chi connectivity index (χ1n) is 6.71. The molecule has 5 nitrogen and oxygen atoms in total. The molecule has 1 amide bonds. The van der Waals surface area contributed by atoms with E-state index in [-0.39, 0.29) is 12.5 Å². The molecular formula is C16H11BrIN3O2. The van der Waals surface area contributed by atoms with Crippen molar-refractivity contribution in [2.24, 2.45) is 0 Å². The van der Waals surface area contributed by atoms with E-state index in [0.29, 0.717) is 5.88 Å². The standard InChI is InChI=1S/C16H11BrIN3O2/c17-10-5-6-13-11(7-10)16(20-9-19-13)23-8-15(22)21-14-4-2-1-3-12(14)18/h1-7,9H,8H2,(H,21,22). The topological polar surface area (TPSA) is 64.1 Å². The highest BCUT2D eigenvalue weighted by Gasteiger charge is 2.09. The molecule has 116 valence electrons. The van der Waals surface area contributed by atoms with Crippen LogP contribution in [-0.4, -0.2) is 22.5 Å². The second-order valence-electron chi connectivity index (χ2n) is 4.66. The van der Waals surface area contributed by atoms with Gasteiger partial charge in [0.15, 0.2) is 6.61 Å². The molecule has 1 aromatic heterocycles. The molecule has 0 bridgehead atoms. The van der Waals surface area contributed by atoms with Gasteiger partial charge >= 0.3 is 0 Å². The monoisotopic (exact) mass is 483 g/mol. The molecule has 0 aliphatic carbocycles. The zero-order valence-corrected chi connectivity index (χ0v) is 15.5. The molecule has 3 aromatic rings. The molecule has 7 heteroatoms. The first kappa shape index (κ1) is 16.1. The second-order valence-corrected chi connectivity index (χ2v) is 6.73. The van der Waals surface area contributed by atoms with Gasteiger partial charge in [-0.15, -0.1) is 0 Å². The highest BCUT2D eigenvalue weighted by atomic mass is 127. The second kappa shape index (κ2) is 7.22. The van der Waals surface area contributed by atoms with Crippen molar-refractivity contribution in [1.82, 2.24) is 9.97 Å². The van der Waals surface area contributed by atoms with Crippen molar-refractivity contribution < 1.29 is 9.53 Å². The number of carbonyl (C=O) groups is 1. The van der Waals surface area contributed by atoms with Gasteiger partial charge in [0.05, 0.1) is 16.6 Å². The Morgan fingerprint density at radius 1 is 1.22 bits per heavy atom. The van der Waals surface area contributed by atoms with Crippen LogP contribution < -0.4 is 10.1 Å². The predicted octanol–water partition coefficient (Wildman–Crippen LogP) is 4.01. The van der Waals surface area contributed by atoms with Crippen molar-refractivity contribution in [3.8, 4) is 5.88 Å². The number of ether oxygens (including phenoxy) is 1. The third-order valence-corrected chi connectivity index (χ3v) is 4.48. The minimum absolute atomic E-state index is 0.121. The molecule has 3 rings (SSSR count). The number of amides is 1. The van der Waals surface area contributed by atoms with Gasteiger partial charge in [0.2, 0.25) is 5.88 Å². The van der Waals surface area contributed by atoms with Gasteiger partial charge in [-0.2, -0.15) is 0 Å². The van der Waals surface area contributed by atoms with Crippen molar-refractivity contribution in [1.29, 1.82) is 0 Å². The van der Waals surface area contributed by atoms with Crippen molar-refractivity contribution in [2.45, 2.75) is 0 Å². The number of rotatable bonds is 4. The molecule has 1 heterocycles. The van der Waals surface area contributed by atoms with Crippen molar-refractivity contribution >= 4 is 61.0 Å². The summed E-state index contributed by atoms with van der Waals surface area (Å²) in [6.45, 7) is -0.121. The Labute approximate surface area is 154 Å². The van der Waals surface area contributed by atoms with Gasteiger partial charge in [-0.3, -0.25) is 4.79 Å². The summed E-state index contributed by atoms with van der Waals surface area (Å²) in [5.74, 6) is 0.144. The first-order valence-corrected chi connectivity index (χ1v) is 8.58. The highest BCUT2D eigenvalue weighted by Crippen LogP contribution is 2.25. The van der Waals surface area contributed by atoms with Crippen LogP contribution in [0.15, 0.2) is 53.3 Å². The molecule has 0 aliphatic rings. The number of nitrogens with zero attached hydrogens (tertiary/aromatic N) is 2. The number of benzene rings is 2. The lowest BCUT2D eigenvalue weighted by molar-refractivity contribution is -0.118. The fraction of sp³-hybridized carbons (Fsp3) is 0.0625. The molecule has 2 aromatic carbocycles. The minimum atomic E-state index is -0.240. The summed E-state index contributed by atoms with van der Waals surface area (Å²) < 4.78 is 7.43. The number of halogens is 2. The van der Waals surface area contributed by atoms with E-state index < -0.39 is 0 Å². The molecule has 0 unspecified atom stereocenters. The Bertz CT molecular complexity index is 873. The predicted molar refractivity (Wildman–Crippen MR) is 101 cm³/mol. The lowest BCUT2D eigenvalue weighted by Gasteiger charge is -2.09. The van der Waals surface area contributed by atoms with Gasteiger partial charge in [-0.1, -0.05) is 28.1 Å². The zero-order chi connectivity index (χ0) is 16.2. The van der Waals surface area contributed by atoms with E-state index in [1.54, 1.807) is 0 Å². The number of fused-ring (bicyclic) bond motifs is 1. The van der Waals surface area contributed by atoms with E-state index in [4.69, 9.17) is 4.74 Å². The summed E-state index contributed by atoms with van der Waals surface area (Å²) in [5.41, 5.74) is 1.52. The number of hydrogen-bond acceptors (Lipinski definition) is 4. The molecule has 0 spiro atoms. The van der Waals surface area contributed by atoms with Crippen LogP contribution in [0.25, 0.3) is 10.9 Å². The zero-order valence-electron chi connectivity index (χ0n) is 11.8. The quantitative estimate of drug-likeness (QED) is 0.569. The number of hydrogen-bond donors (Lipinski definition) is 1. The van der Waals surface area contributed by atoms with Crippen LogP contribution in [0.4, 0.5) is 5.69 Å². The van der Waals surface area contributed by atoms with Gasteiger partial charge in [0.1, 0.15) is 6.33 Å². The Balaban J connectivity index is 1.72. The first-order chi connectivity index (χ1) is 11.1. The van der Waals surface area contributed by atoms with Gasteiger partial charge in [-0.05, 0) is 52.9 Å². The largest absolute Gasteiger partial charge is 0.467 e. The maximum absolute atomic E-state index is 12.0. The molecule has 0 radical (unpaired) electrons. The number of carbonyl (C=O) groups excluding carboxylic acids is 1. The third kappa shape index (κ3) is 3.97. The lowest BCUT2D eigenvalue weighted by atomic mass is 10.2. The Hall–Kier alpha value is -1.74. The summed E-state index contributed by atoms with van der Waals surface area (Å²) in [4.78, 5) is 20.3. The summed E-state index contributed by atoms with van der Waals surface area (Å²) >= 11 is 5.57. The van der Waals surface area contributed by atoms with E-state index in [2.05, 4.69) is 53.8 Å². The lowest BCUT2D eigenvalue weighted by Crippen LogP contribution is -2.21. The number of anilines is 1. The van der Waals surface area contributed by atoms with Crippen LogP contribution >= 0.6 is 38.5 Å². The highest BCUT2D eigenvalue weighted by molar-refractivity contribution is 14.1. The van der Waals surface area contributed by atoms with Crippen molar-refractivity contribution in [2.75, 3.05) is 11.9 Å². The van der Waals surface area contributed by atoms with Crippen molar-refractivity contribution in [3.05, 3.63) is 56.8 Å². The number of nitrogens with one attached hydrogen (secondary N) is 1. The summed E-state index contributed by atoms with van der Waals surface area (Å²) in [5, 5.41) is 3.57. The number of aromatic nitrogens is 2. The van der Waals surface area contributed by atoms with Gasteiger partial charge < -0.3 is 10.1 Å². The van der Waals surface area contributed by atoms with Crippen LogP contribution in [0.3, 0.4) is 0 Å². The SMILES string of the molecule is O=C(COc1ncnc2ccc(Br)cc12)Nc1ccccc1I. The molecule has 0 saturated carbocycles. The summed E-state index contributed by atoms with van der Waals surface area (Å²) in [7, 11) is 0. The van der Waals surface area contributed by atoms with E-state index >= 15 is 0 Å². The van der Waals surface area contributed by atoms with Gasteiger partial charge in [0.25, 0.3) is 5.91 Å². The van der Waals surface area contributed by atoms with E-state index in [1.165, 1.54) is 6.33 Å². The number of para-hydroxylation sites is 1. The summed E-state index contributed by atoms with van der Waals surface area (Å²) in [6, 6.07) is 13.2. The normalized spacial score (nSPS) is 10.5. The Kier molecular flexibility index (Phi) is 5.06. The van der Waals surface area contributed by atoms with Crippen LogP contribution in [0.5, 0.6) is 5.88 Å². The van der Waals surface area contributed by atoms with Gasteiger partial charge in [0, 0.05) is 8.04 Å². The van der Waals surface area contributed by atoms with Gasteiger partial charge in [-0.25, -0.2) is 9.97 Å². The molecule has 0 aliphatic heterocycles. The minimum Gasteiger partial charge on any atom is -0.467 e. The fourth-order valence-electron chi connectivity index (χ4n) is 2.00. The molecular weight excluding hydrogens is 473 g/mol. The van der Waals surface area contributed by atoms with Crippen LogP contribution in [0, 0.1) is 3.57 Å². The van der Waals surface area contributed by atoms with Crippen LogP contribution in [-0.2, 0) is 4.79 Å². The maximum Gasteiger partial charge on any atom is 0.262 e. The Morgan fingerprint density at radius 2 is 2.04 bits per heavy atom. The van der Waals surface area contributed by atoms with E-state index in [9.17, 15) is 4.79 Å². The Morgan fingerprint density at radius 3 is 2.87 bits per heavy atom. The molecule has 1 N–H and O–H groups in total.